The number of carbonyl (C=O) groups excluding carboxylic acids is 4. The smallest absolute Gasteiger partial charge is 0.420 e. The van der Waals surface area contributed by atoms with Crippen LogP contribution in [0.25, 0.3) is 21.9 Å². The number of fused-ring (bicyclic) bond motifs is 2. The van der Waals surface area contributed by atoms with Gasteiger partial charge in [-0.2, -0.15) is 31.6 Å². The molecule has 4 saturated heterocycles. The van der Waals surface area contributed by atoms with Gasteiger partial charge < -0.3 is 28.4 Å². The highest BCUT2D eigenvalue weighted by Gasteiger charge is 2.42. The van der Waals surface area contributed by atoms with E-state index < -0.39 is 46.5 Å². The number of alkyl halides is 6. The van der Waals surface area contributed by atoms with Crippen LogP contribution < -0.4 is 0 Å². The Morgan fingerprint density at radius 2 is 0.969 bits per heavy atom. The van der Waals surface area contributed by atoms with E-state index in [4.69, 9.17) is 37.3 Å². The van der Waals surface area contributed by atoms with Gasteiger partial charge in [0.05, 0.1) is 33.2 Å². The maximum absolute atomic E-state index is 13.7. The summed E-state index contributed by atoms with van der Waals surface area (Å²) >= 11 is 12.8. The van der Waals surface area contributed by atoms with Crippen molar-refractivity contribution in [3.8, 4) is 6.07 Å². The molecule has 65 heavy (non-hydrogen) atoms. The summed E-state index contributed by atoms with van der Waals surface area (Å²) in [7, 11) is 0. The molecule has 0 bridgehead atoms. The van der Waals surface area contributed by atoms with Crippen LogP contribution in [0.5, 0.6) is 0 Å². The fourth-order valence-corrected chi connectivity index (χ4v) is 9.99. The molecule has 2 aromatic heterocycles. The fourth-order valence-electron chi connectivity index (χ4n) is 9.47. The number of furan rings is 2. The second-order valence-electron chi connectivity index (χ2n) is 18.5. The second kappa shape index (κ2) is 17.0. The van der Waals surface area contributed by atoms with Gasteiger partial charge in [0, 0.05) is 75.0 Å². The molecule has 4 amide bonds. The lowest BCUT2D eigenvalue weighted by molar-refractivity contribution is -0.143. The number of rotatable bonds is 6. The molecule has 4 aliphatic heterocycles. The predicted molar refractivity (Wildman–Crippen MR) is 225 cm³/mol. The molecule has 2 aromatic carbocycles. The van der Waals surface area contributed by atoms with E-state index in [1.807, 2.05) is 4.90 Å². The Kier molecular flexibility index (Phi) is 11.9. The highest BCUT2D eigenvalue weighted by molar-refractivity contribution is 6.39. The van der Waals surface area contributed by atoms with E-state index in [0.717, 1.165) is 50.9 Å². The number of benzene rings is 2. The van der Waals surface area contributed by atoms with Crippen molar-refractivity contribution in [2.75, 3.05) is 52.4 Å². The predicted octanol–water partition coefficient (Wildman–Crippen LogP) is 10.1. The summed E-state index contributed by atoms with van der Waals surface area (Å²) in [5.74, 6) is -1.34. The molecular formula is C46H45Cl2F6N5O6. The number of halogens is 8. The summed E-state index contributed by atoms with van der Waals surface area (Å²) in [4.78, 5) is 57.7. The minimum Gasteiger partial charge on any atom is -0.449 e. The quantitative estimate of drug-likeness (QED) is 0.176. The van der Waals surface area contributed by atoms with Gasteiger partial charge in [-0.3, -0.25) is 19.2 Å². The molecule has 2 saturated carbocycles. The minimum atomic E-state index is -4.63. The van der Waals surface area contributed by atoms with Crippen molar-refractivity contribution < 1.29 is 54.4 Å². The van der Waals surface area contributed by atoms with Crippen LogP contribution >= 0.6 is 23.2 Å². The Labute approximate surface area is 379 Å². The van der Waals surface area contributed by atoms with Gasteiger partial charge in [0.25, 0.3) is 11.8 Å². The Bertz CT molecular complexity index is 2600. The third-order valence-corrected chi connectivity index (χ3v) is 14.4. The number of likely N-dealkylation sites (tertiary alicyclic amines) is 4. The molecule has 0 N–H and O–H groups in total. The zero-order valence-electron chi connectivity index (χ0n) is 35.3. The first-order chi connectivity index (χ1) is 30.8. The maximum Gasteiger partial charge on any atom is 0.420 e. The van der Waals surface area contributed by atoms with E-state index in [1.165, 1.54) is 9.80 Å². The van der Waals surface area contributed by atoms with E-state index >= 15 is 0 Å². The van der Waals surface area contributed by atoms with Crippen LogP contribution in [-0.2, 0) is 21.9 Å². The summed E-state index contributed by atoms with van der Waals surface area (Å²) in [5, 5.41) is 8.91. The van der Waals surface area contributed by atoms with Gasteiger partial charge in [-0.15, -0.1) is 0 Å². The Morgan fingerprint density at radius 1 is 0.600 bits per heavy atom. The molecule has 346 valence electrons. The van der Waals surface area contributed by atoms with Gasteiger partial charge >= 0.3 is 12.4 Å². The number of hydrogen-bond acceptors (Lipinski definition) is 7. The summed E-state index contributed by atoms with van der Waals surface area (Å²) in [6.07, 6.45) is -3.99. The maximum atomic E-state index is 13.7. The van der Waals surface area contributed by atoms with Crippen molar-refractivity contribution in [2.45, 2.75) is 82.5 Å². The second-order valence-corrected chi connectivity index (χ2v) is 19.2. The highest BCUT2D eigenvalue weighted by Crippen LogP contribution is 2.49. The van der Waals surface area contributed by atoms with Crippen LogP contribution in [0.3, 0.4) is 0 Å². The Morgan fingerprint density at radius 3 is 1.29 bits per heavy atom. The van der Waals surface area contributed by atoms with Crippen LogP contribution in [0.4, 0.5) is 26.3 Å². The van der Waals surface area contributed by atoms with Gasteiger partial charge in [-0.05, 0) is 105 Å². The first kappa shape index (κ1) is 45.2. The standard InChI is InChI=1S/C23H21ClF3N3O3.C23H24ClF3N2O3/c24-18-16-7-15(13-1-2-13)8-17(23(25,26)27)19(16)33-20(18)22(32)29-5-3-14(4-6-29)21(31)30-10-12(9-28)11-30;1-12-10-29(11-12)21(30)14-4-6-28(7-5-14)22(31)20-18(24)16-8-15(13-2-3-13)9-17(19(16)32-20)23(25,26)27/h7-8,12-14H,1-6,10-11H2;8-9,12-14H,2-7,10-11H2,1H3. The van der Waals surface area contributed by atoms with E-state index in [2.05, 4.69) is 13.0 Å². The number of amides is 4. The Balaban J connectivity index is 0.000000164. The topological polar surface area (TPSA) is 131 Å². The molecule has 11 nitrogen and oxygen atoms in total. The monoisotopic (exact) mass is 947 g/mol. The molecule has 10 rings (SSSR count). The van der Waals surface area contributed by atoms with Crippen LogP contribution in [0, 0.1) is 35.0 Å². The lowest BCUT2D eigenvalue weighted by atomic mass is 9.92. The van der Waals surface area contributed by atoms with Crippen molar-refractivity contribution in [2.24, 2.45) is 23.7 Å². The van der Waals surface area contributed by atoms with Crippen LogP contribution in [-0.4, -0.2) is 95.6 Å². The zero-order valence-corrected chi connectivity index (χ0v) is 36.8. The fraction of sp³-hybridized carbons (Fsp3) is 0.543. The normalized spacial score (nSPS) is 20.4. The van der Waals surface area contributed by atoms with Crippen molar-refractivity contribution in [3.63, 3.8) is 0 Å². The summed E-state index contributed by atoms with van der Waals surface area (Å²) < 4.78 is 93.0. The largest absolute Gasteiger partial charge is 0.449 e. The lowest BCUT2D eigenvalue weighted by Crippen LogP contribution is -2.53. The van der Waals surface area contributed by atoms with Crippen molar-refractivity contribution in [3.05, 3.63) is 68.1 Å². The molecule has 19 heteroatoms. The van der Waals surface area contributed by atoms with Gasteiger partial charge in [-0.25, -0.2) is 0 Å². The van der Waals surface area contributed by atoms with Gasteiger partial charge in [0.1, 0.15) is 11.2 Å². The molecule has 0 radical (unpaired) electrons. The minimum absolute atomic E-state index is 0.0159. The van der Waals surface area contributed by atoms with Crippen LogP contribution in [0.1, 0.15) is 113 Å². The summed E-state index contributed by atoms with van der Waals surface area (Å²) in [6.45, 7) is 5.75. The molecule has 0 unspecified atom stereocenters. The lowest BCUT2D eigenvalue weighted by Gasteiger charge is -2.41. The number of nitrogens with zero attached hydrogens (tertiary/aromatic N) is 5. The van der Waals surface area contributed by atoms with Gasteiger partial charge in [0.15, 0.2) is 0 Å². The van der Waals surface area contributed by atoms with E-state index in [9.17, 15) is 45.5 Å². The summed E-state index contributed by atoms with van der Waals surface area (Å²) in [5.41, 5.74) is -1.50. The van der Waals surface area contributed by atoms with Crippen LogP contribution in [0.15, 0.2) is 33.1 Å². The molecule has 0 spiro atoms. The van der Waals surface area contributed by atoms with Crippen molar-refractivity contribution in [1.82, 2.24) is 19.6 Å². The molecular weight excluding hydrogens is 903 g/mol. The zero-order chi connectivity index (χ0) is 46.3. The average molecular weight is 949 g/mol. The first-order valence-electron chi connectivity index (χ1n) is 22.0. The number of carbonyl (C=O) groups is 4. The van der Waals surface area contributed by atoms with E-state index in [0.29, 0.717) is 68.9 Å². The molecule has 4 aromatic rings. The number of hydrogen-bond donors (Lipinski definition) is 0. The average Bonchev–Trinajstić information content (AvgIpc) is 4.20. The molecule has 6 aliphatic rings. The summed E-state index contributed by atoms with van der Waals surface area (Å²) in [6, 6.07) is 7.55. The SMILES string of the molecule is CC1CN(C(=O)C2CCN(C(=O)c3oc4c(C(F)(F)F)cc(C5CC5)cc4c3Cl)CC2)C1.N#CC1CN(C(=O)C2CCN(C(=O)c3oc4c(C(F)(F)F)cc(C5CC5)cc4c3Cl)CC2)C1. The van der Waals surface area contributed by atoms with Crippen molar-refractivity contribution >= 4 is 68.8 Å². The third kappa shape index (κ3) is 8.89. The van der Waals surface area contributed by atoms with E-state index in [1.54, 1.807) is 17.0 Å². The number of piperidine rings is 2. The third-order valence-electron chi connectivity index (χ3n) is 13.6. The Hall–Kier alpha value is -4.95. The molecule has 6 heterocycles. The number of nitriles is 1. The highest BCUT2D eigenvalue weighted by atomic mass is 35.5. The molecule has 2 aliphatic carbocycles. The molecule has 6 fully saturated rings. The van der Waals surface area contributed by atoms with Gasteiger partial charge in [-0.1, -0.05) is 30.1 Å². The first-order valence-corrected chi connectivity index (χ1v) is 22.8. The van der Waals surface area contributed by atoms with Crippen LogP contribution in [0.2, 0.25) is 10.0 Å². The van der Waals surface area contributed by atoms with Gasteiger partial charge in [0.2, 0.25) is 23.3 Å². The van der Waals surface area contributed by atoms with E-state index in [-0.39, 0.29) is 86.8 Å². The van der Waals surface area contributed by atoms with Crippen molar-refractivity contribution in [1.29, 1.82) is 5.26 Å². The molecule has 0 atom stereocenters.